The molecule has 1 aromatic carbocycles. The number of carboxylic acid groups (broad SMARTS) is 1. The lowest BCUT2D eigenvalue weighted by molar-refractivity contribution is -0.386. The van der Waals surface area contributed by atoms with Crippen molar-refractivity contribution in [3.63, 3.8) is 0 Å². The summed E-state index contributed by atoms with van der Waals surface area (Å²) in [5.41, 5.74) is -1.27. The minimum atomic E-state index is -1.31. The first kappa shape index (κ1) is 14.8. The van der Waals surface area contributed by atoms with Crippen molar-refractivity contribution in [3.05, 3.63) is 33.9 Å². The van der Waals surface area contributed by atoms with E-state index in [0.717, 1.165) is 6.07 Å². The molecule has 1 aromatic rings. The Balaban J connectivity index is 3.00. The van der Waals surface area contributed by atoms with Crippen LogP contribution in [0.4, 0.5) is 20.2 Å². The van der Waals surface area contributed by atoms with Crippen LogP contribution < -0.4 is 5.32 Å². The minimum Gasteiger partial charge on any atom is -0.481 e. The zero-order valence-corrected chi connectivity index (χ0v) is 10.0. The number of carbonyl (C=O) groups is 1. The molecule has 6 nitrogen and oxygen atoms in total. The molecule has 104 valence electrons. The average molecular weight is 274 g/mol. The highest BCUT2D eigenvalue weighted by atomic mass is 19.1. The molecule has 0 heterocycles. The summed E-state index contributed by atoms with van der Waals surface area (Å²) in [5, 5.41) is 21.9. The maximum absolute atomic E-state index is 13.3. The number of anilines is 1. The predicted octanol–water partition coefficient (Wildman–Crippen LogP) is 2.40. The van der Waals surface area contributed by atoms with Gasteiger partial charge in [-0.25, -0.2) is 4.39 Å². The van der Waals surface area contributed by atoms with Gasteiger partial charge in [0.25, 0.3) is 0 Å². The predicted molar refractivity (Wildman–Crippen MR) is 62.9 cm³/mol. The number of nitro groups is 1. The summed E-state index contributed by atoms with van der Waals surface area (Å²) in [6.45, 7) is 1.47. The van der Waals surface area contributed by atoms with Crippen molar-refractivity contribution in [2.45, 2.75) is 13.3 Å². The maximum Gasteiger partial charge on any atom is 0.327 e. The number of nitro benzene ring substituents is 1. The largest absolute Gasteiger partial charge is 0.481 e. The molecule has 0 aromatic heterocycles. The molecule has 0 fully saturated rings. The van der Waals surface area contributed by atoms with Crippen molar-refractivity contribution in [1.29, 1.82) is 0 Å². The highest BCUT2D eigenvalue weighted by molar-refractivity contribution is 5.71. The van der Waals surface area contributed by atoms with Gasteiger partial charge >= 0.3 is 11.7 Å². The monoisotopic (exact) mass is 274 g/mol. The van der Waals surface area contributed by atoms with Crippen LogP contribution in [0.15, 0.2) is 12.1 Å². The van der Waals surface area contributed by atoms with Crippen LogP contribution in [0.25, 0.3) is 0 Å². The average Bonchev–Trinajstić information content (AvgIpc) is 2.27. The Morgan fingerprint density at radius 2 is 2.16 bits per heavy atom. The van der Waals surface area contributed by atoms with E-state index in [4.69, 9.17) is 5.11 Å². The number of nitrogens with zero attached hydrogens (tertiary/aromatic N) is 1. The Morgan fingerprint density at radius 3 is 2.63 bits per heavy atom. The topological polar surface area (TPSA) is 92.5 Å². The standard InChI is InChI=1S/C11H12F2N2O4/c1-2-6(11(16)17)5-14-9-4-7(12)3-8(13)10(9)15(18)19/h3-4,6,14H,2,5H2,1H3,(H,16,17). The van der Waals surface area contributed by atoms with Gasteiger partial charge in [-0.2, -0.15) is 4.39 Å². The molecule has 0 aliphatic heterocycles. The van der Waals surface area contributed by atoms with Gasteiger partial charge in [-0.3, -0.25) is 14.9 Å². The fraction of sp³-hybridized carbons (Fsp3) is 0.364. The Hall–Kier alpha value is -2.25. The number of nitrogens with one attached hydrogen (secondary N) is 1. The molecule has 0 spiro atoms. The van der Waals surface area contributed by atoms with Crippen LogP contribution in [-0.4, -0.2) is 22.5 Å². The van der Waals surface area contributed by atoms with E-state index >= 15 is 0 Å². The fourth-order valence-electron chi connectivity index (χ4n) is 1.53. The minimum absolute atomic E-state index is 0.157. The van der Waals surface area contributed by atoms with Gasteiger partial charge < -0.3 is 10.4 Å². The van der Waals surface area contributed by atoms with Crippen molar-refractivity contribution < 1.29 is 23.6 Å². The van der Waals surface area contributed by atoms with Gasteiger partial charge in [-0.05, 0) is 6.42 Å². The second-order valence-electron chi connectivity index (χ2n) is 3.87. The third-order valence-electron chi connectivity index (χ3n) is 2.59. The molecule has 1 unspecified atom stereocenters. The second-order valence-corrected chi connectivity index (χ2v) is 3.87. The van der Waals surface area contributed by atoms with Crippen LogP contribution in [0.3, 0.4) is 0 Å². The van der Waals surface area contributed by atoms with E-state index in [1.807, 2.05) is 0 Å². The molecule has 8 heteroatoms. The zero-order valence-electron chi connectivity index (χ0n) is 10.0. The number of rotatable bonds is 6. The molecule has 1 atom stereocenters. The molecular formula is C11H12F2N2O4. The molecule has 19 heavy (non-hydrogen) atoms. The first-order valence-electron chi connectivity index (χ1n) is 5.46. The smallest absolute Gasteiger partial charge is 0.327 e. The van der Waals surface area contributed by atoms with Crippen molar-refractivity contribution in [2.75, 3.05) is 11.9 Å². The number of hydrogen-bond donors (Lipinski definition) is 2. The maximum atomic E-state index is 13.3. The van der Waals surface area contributed by atoms with Gasteiger partial charge in [0.2, 0.25) is 5.82 Å². The third kappa shape index (κ3) is 3.60. The first-order chi connectivity index (χ1) is 8.86. The molecule has 2 N–H and O–H groups in total. The van der Waals surface area contributed by atoms with E-state index in [0.29, 0.717) is 6.07 Å². The molecule has 0 bridgehead atoms. The molecule has 0 amide bonds. The van der Waals surface area contributed by atoms with Crippen molar-refractivity contribution in [2.24, 2.45) is 5.92 Å². The van der Waals surface area contributed by atoms with Gasteiger partial charge in [0.1, 0.15) is 11.5 Å². The fourth-order valence-corrected chi connectivity index (χ4v) is 1.53. The van der Waals surface area contributed by atoms with E-state index in [1.165, 1.54) is 0 Å². The lowest BCUT2D eigenvalue weighted by Crippen LogP contribution is -2.22. The quantitative estimate of drug-likeness (QED) is 0.613. The van der Waals surface area contributed by atoms with Gasteiger partial charge in [0.15, 0.2) is 0 Å². The normalized spacial score (nSPS) is 11.9. The van der Waals surface area contributed by atoms with Gasteiger partial charge in [-0.1, -0.05) is 6.92 Å². The summed E-state index contributed by atoms with van der Waals surface area (Å²) in [4.78, 5) is 20.5. The van der Waals surface area contributed by atoms with E-state index in [9.17, 15) is 23.7 Å². The van der Waals surface area contributed by atoms with Crippen LogP contribution in [0, 0.1) is 27.7 Å². The van der Waals surface area contributed by atoms with E-state index < -0.39 is 34.1 Å². The van der Waals surface area contributed by atoms with Crippen molar-refractivity contribution in [1.82, 2.24) is 0 Å². The lowest BCUT2D eigenvalue weighted by Gasteiger charge is -2.12. The van der Waals surface area contributed by atoms with Crippen molar-refractivity contribution in [3.8, 4) is 0 Å². The van der Waals surface area contributed by atoms with Crippen molar-refractivity contribution >= 4 is 17.3 Å². The van der Waals surface area contributed by atoms with Crippen LogP contribution in [0.5, 0.6) is 0 Å². The van der Waals surface area contributed by atoms with Gasteiger partial charge in [-0.15, -0.1) is 0 Å². The summed E-state index contributed by atoms with van der Waals surface area (Å²) in [5.74, 6) is -4.18. The van der Waals surface area contributed by atoms with Gasteiger partial charge in [0, 0.05) is 18.7 Å². The number of halogens is 2. The molecule has 0 aliphatic carbocycles. The number of aliphatic carboxylic acids is 1. The summed E-state index contributed by atoms with van der Waals surface area (Å²) >= 11 is 0. The molecule has 0 aliphatic rings. The van der Waals surface area contributed by atoms with Crippen LogP contribution in [-0.2, 0) is 4.79 Å². The Kier molecular flexibility index (Phi) is 4.74. The van der Waals surface area contributed by atoms with Crippen LogP contribution >= 0.6 is 0 Å². The second kappa shape index (κ2) is 6.07. The number of benzene rings is 1. The summed E-state index contributed by atoms with van der Waals surface area (Å²) in [6.07, 6.45) is 0.286. The number of hydrogen-bond acceptors (Lipinski definition) is 4. The van der Waals surface area contributed by atoms with Crippen LogP contribution in [0.1, 0.15) is 13.3 Å². The molecular weight excluding hydrogens is 262 g/mol. The highest BCUT2D eigenvalue weighted by Crippen LogP contribution is 2.29. The molecule has 0 saturated heterocycles. The van der Waals surface area contributed by atoms with Crippen LogP contribution in [0.2, 0.25) is 0 Å². The Morgan fingerprint density at radius 1 is 1.53 bits per heavy atom. The Labute approximate surface area is 107 Å². The summed E-state index contributed by atoms with van der Waals surface area (Å²) < 4.78 is 26.3. The lowest BCUT2D eigenvalue weighted by atomic mass is 10.1. The third-order valence-corrected chi connectivity index (χ3v) is 2.59. The van der Waals surface area contributed by atoms with E-state index in [2.05, 4.69) is 5.32 Å². The summed E-state index contributed by atoms with van der Waals surface area (Å²) in [6, 6.07) is 1.16. The van der Waals surface area contributed by atoms with E-state index in [-0.39, 0.29) is 18.7 Å². The SMILES string of the molecule is CCC(CNc1cc(F)cc(F)c1[N+](=O)[O-])C(=O)O. The number of carboxylic acids is 1. The highest BCUT2D eigenvalue weighted by Gasteiger charge is 2.23. The van der Waals surface area contributed by atoms with E-state index in [1.54, 1.807) is 6.92 Å². The molecule has 0 saturated carbocycles. The summed E-state index contributed by atoms with van der Waals surface area (Å²) in [7, 11) is 0. The molecule has 1 rings (SSSR count). The van der Waals surface area contributed by atoms with Gasteiger partial charge in [0.05, 0.1) is 10.8 Å². The molecule has 0 radical (unpaired) electrons. The zero-order chi connectivity index (χ0) is 14.6. The Bertz CT molecular complexity index is 508. The first-order valence-corrected chi connectivity index (χ1v) is 5.46.